The van der Waals surface area contributed by atoms with Crippen LogP contribution in [0.1, 0.15) is 69.0 Å². The van der Waals surface area contributed by atoms with Crippen LogP contribution in [0.5, 0.6) is 5.75 Å². The molecular weight excluding hydrogens is 751 g/mol. The third-order valence-corrected chi connectivity index (χ3v) is 12.0. The molecular formula is C39H52Cl2N6O6S. The smallest absolute Gasteiger partial charge is 0.262 e. The summed E-state index contributed by atoms with van der Waals surface area (Å²) in [4.78, 5) is 31.9. The van der Waals surface area contributed by atoms with E-state index in [4.69, 9.17) is 32.7 Å². The molecule has 2 heterocycles. The van der Waals surface area contributed by atoms with E-state index in [2.05, 4.69) is 20.7 Å². The fraction of sp³-hybridized carbons (Fsp3) is 0.487. The van der Waals surface area contributed by atoms with E-state index in [0.29, 0.717) is 59.6 Å². The molecule has 15 heteroatoms. The van der Waals surface area contributed by atoms with Crippen LogP contribution in [0.3, 0.4) is 0 Å². The number of benzene rings is 3. The van der Waals surface area contributed by atoms with Crippen molar-refractivity contribution in [2.45, 2.75) is 75.8 Å². The van der Waals surface area contributed by atoms with Crippen LogP contribution in [0.4, 0.5) is 0 Å². The largest absolute Gasteiger partial charge is 0.493 e. The van der Waals surface area contributed by atoms with Crippen molar-refractivity contribution in [3.8, 4) is 5.75 Å². The van der Waals surface area contributed by atoms with Gasteiger partial charge in [-0.05, 0) is 94.6 Å². The number of rotatable bonds is 13. The Balaban J connectivity index is 1.62. The van der Waals surface area contributed by atoms with Crippen LogP contribution in [0, 0.1) is 6.92 Å². The lowest BCUT2D eigenvalue weighted by atomic mass is 9.95. The van der Waals surface area contributed by atoms with Gasteiger partial charge in [0.2, 0.25) is 15.9 Å². The van der Waals surface area contributed by atoms with E-state index in [9.17, 15) is 13.2 Å². The number of piperazine rings is 1. The molecule has 54 heavy (non-hydrogen) atoms. The number of sulfonamides is 1. The summed E-state index contributed by atoms with van der Waals surface area (Å²) in [5.74, 6) is -0.0670. The van der Waals surface area contributed by atoms with Gasteiger partial charge in [0.05, 0.1) is 36.2 Å². The number of aryl methyl sites for hydroxylation is 1. The summed E-state index contributed by atoms with van der Waals surface area (Å²) < 4.78 is 42.2. The van der Waals surface area contributed by atoms with E-state index in [1.807, 2.05) is 43.0 Å². The van der Waals surface area contributed by atoms with Gasteiger partial charge in [-0.2, -0.15) is 0 Å². The molecule has 2 aliphatic rings. The van der Waals surface area contributed by atoms with Crippen LogP contribution in [0.25, 0.3) is 0 Å². The SMILES string of the molecule is CCOc1cc(C)c(S(=O)(=O)NC(C)(C)C)cc1C1(C(=O)N2CCN(CC(=O)NCC(C)OC)CC2)N[C@H](c2ccc(Cl)cc2)[C@H](c2ccc(Cl)cc2)N1. The molecule has 0 radical (unpaired) electrons. The Morgan fingerprint density at radius 2 is 1.48 bits per heavy atom. The lowest BCUT2D eigenvalue weighted by Crippen LogP contribution is -2.62. The van der Waals surface area contributed by atoms with Crippen molar-refractivity contribution in [3.05, 3.63) is 93.0 Å². The first kappa shape index (κ1) is 41.9. The highest BCUT2D eigenvalue weighted by atomic mass is 35.5. The predicted molar refractivity (Wildman–Crippen MR) is 211 cm³/mol. The van der Waals surface area contributed by atoms with Crippen LogP contribution in [0.2, 0.25) is 10.0 Å². The summed E-state index contributed by atoms with van der Waals surface area (Å²) >= 11 is 12.7. The Kier molecular flexibility index (Phi) is 13.4. The summed E-state index contributed by atoms with van der Waals surface area (Å²) in [6.45, 7) is 13.2. The van der Waals surface area contributed by atoms with Crippen LogP contribution in [-0.4, -0.2) is 94.7 Å². The molecule has 3 aromatic rings. The first-order valence-corrected chi connectivity index (χ1v) is 20.4. The second kappa shape index (κ2) is 17.3. The summed E-state index contributed by atoms with van der Waals surface area (Å²) in [7, 11) is -2.45. The normalized spacial score (nSPS) is 21.5. The van der Waals surface area contributed by atoms with Crippen LogP contribution < -0.4 is 25.4 Å². The number of hydrogen-bond donors (Lipinski definition) is 4. The highest BCUT2D eigenvalue weighted by Crippen LogP contribution is 2.46. The average molecular weight is 804 g/mol. The van der Waals surface area contributed by atoms with Crippen LogP contribution >= 0.6 is 23.2 Å². The van der Waals surface area contributed by atoms with E-state index >= 15 is 4.79 Å². The number of halogens is 2. The Morgan fingerprint density at radius 1 is 0.944 bits per heavy atom. The predicted octanol–water partition coefficient (Wildman–Crippen LogP) is 4.90. The molecule has 0 bridgehead atoms. The summed E-state index contributed by atoms with van der Waals surface area (Å²) in [6, 6.07) is 17.1. The maximum absolute atomic E-state index is 15.4. The van der Waals surface area contributed by atoms with Gasteiger partial charge < -0.3 is 19.7 Å². The number of ether oxygens (including phenoxy) is 2. The van der Waals surface area contributed by atoms with Gasteiger partial charge in [0, 0.05) is 61.0 Å². The van der Waals surface area contributed by atoms with Crippen molar-refractivity contribution in [3.63, 3.8) is 0 Å². The van der Waals surface area contributed by atoms with Crippen LogP contribution in [-0.2, 0) is 30.0 Å². The first-order valence-electron chi connectivity index (χ1n) is 18.2. The Labute approximate surface area is 329 Å². The van der Waals surface area contributed by atoms with E-state index < -0.39 is 33.3 Å². The molecule has 4 atom stereocenters. The number of hydrogen-bond acceptors (Lipinski definition) is 9. The molecule has 5 rings (SSSR count). The van der Waals surface area contributed by atoms with Crippen molar-refractivity contribution >= 4 is 45.0 Å². The highest BCUT2D eigenvalue weighted by molar-refractivity contribution is 7.89. The number of carbonyl (C=O) groups is 2. The van der Waals surface area contributed by atoms with Crippen LogP contribution in [0.15, 0.2) is 65.6 Å². The van der Waals surface area contributed by atoms with Gasteiger partial charge in [-0.15, -0.1) is 0 Å². The minimum Gasteiger partial charge on any atom is -0.493 e. The minimum atomic E-state index is -4.05. The van der Waals surface area contributed by atoms with Crippen molar-refractivity contribution in [1.29, 1.82) is 0 Å². The molecule has 2 fully saturated rings. The van der Waals surface area contributed by atoms with Gasteiger partial charge in [-0.1, -0.05) is 47.5 Å². The van der Waals surface area contributed by atoms with Gasteiger partial charge in [-0.3, -0.25) is 25.1 Å². The molecule has 2 saturated heterocycles. The zero-order valence-corrected chi connectivity index (χ0v) is 34.3. The van der Waals surface area contributed by atoms with Crippen molar-refractivity contribution in [1.82, 2.24) is 30.5 Å². The maximum Gasteiger partial charge on any atom is 0.262 e. The average Bonchev–Trinajstić information content (AvgIpc) is 3.52. The molecule has 294 valence electrons. The zero-order chi connectivity index (χ0) is 39.4. The molecule has 2 unspecified atom stereocenters. The summed E-state index contributed by atoms with van der Waals surface area (Å²) in [6.07, 6.45) is -0.109. The van der Waals surface area contributed by atoms with Gasteiger partial charge in [0.1, 0.15) is 5.75 Å². The van der Waals surface area contributed by atoms with Gasteiger partial charge in [-0.25, -0.2) is 13.1 Å². The molecule has 0 saturated carbocycles. The third kappa shape index (κ3) is 9.75. The van der Waals surface area contributed by atoms with Crippen molar-refractivity contribution in [2.75, 3.05) is 53.0 Å². The second-order valence-electron chi connectivity index (χ2n) is 14.9. The highest BCUT2D eigenvalue weighted by Gasteiger charge is 2.55. The zero-order valence-electron chi connectivity index (χ0n) is 32.0. The number of amides is 2. The van der Waals surface area contributed by atoms with E-state index in [0.717, 1.165) is 11.1 Å². The minimum absolute atomic E-state index is 0.0308. The van der Waals surface area contributed by atoms with Gasteiger partial charge in [0.25, 0.3) is 5.91 Å². The van der Waals surface area contributed by atoms with Gasteiger partial charge >= 0.3 is 0 Å². The molecule has 2 amide bonds. The Hall–Kier alpha value is -3.27. The van der Waals surface area contributed by atoms with Crippen molar-refractivity contribution in [2.24, 2.45) is 0 Å². The summed E-state index contributed by atoms with van der Waals surface area (Å²) in [5, 5.41) is 11.4. The number of methoxy groups -OCH3 is 1. The summed E-state index contributed by atoms with van der Waals surface area (Å²) in [5.41, 5.74) is 0.0714. The monoisotopic (exact) mass is 802 g/mol. The topological polar surface area (TPSA) is 141 Å². The number of nitrogens with zero attached hydrogens (tertiary/aromatic N) is 2. The fourth-order valence-corrected chi connectivity index (χ4v) is 8.81. The molecule has 4 N–H and O–H groups in total. The molecule has 2 aliphatic heterocycles. The Bertz CT molecular complexity index is 1840. The van der Waals surface area contributed by atoms with Gasteiger partial charge in [0.15, 0.2) is 5.66 Å². The number of carbonyl (C=O) groups excluding carboxylic acids is 2. The lowest BCUT2D eigenvalue weighted by molar-refractivity contribution is -0.141. The first-order chi connectivity index (χ1) is 25.5. The van der Waals surface area contributed by atoms with E-state index in [1.165, 1.54) is 0 Å². The standard InChI is InChI=1S/C39H52Cl2N6O6S/c1-8-53-32-21-25(2)33(54(50,51)45-38(4,5)6)22-31(32)39(37(49)47-19-17-46(18-20-47)24-34(48)42-23-26(3)52-7)43-35(27-9-13-29(40)14-10-27)36(44-39)28-11-15-30(41)16-12-28/h9-16,21-22,26,35-36,43-45H,8,17-20,23-24H2,1-7H3,(H,42,48)/t26?,35-,36+,39?. The Morgan fingerprint density at radius 3 is 1.96 bits per heavy atom. The van der Waals surface area contributed by atoms with E-state index in [1.54, 1.807) is 76.1 Å². The van der Waals surface area contributed by atoms with Crippen molar-refractivity contribution < 1.29 is 27.5 Å². The molecule has 3 aromatic carbocycles. The maximum atomic E-state index is 15.4. The molecule has 0 aromatic heterocycles. The fourth-order valence-electron chi connectivity index (χ4n) is 6.88. The number of nitrogens with one attached hydrogen (secondary N) is 4. The quantitative estimate of drug-likeness (QED) is 0.190. The molecule has 12 nitrogen and oxygen atoms in total. The van der Waals surface area contributed by atoms with E-state index in [-0.39, 0.29) is 36.0 Å². The lowest BCUT2D eigenvalue weighted by Gasteiger charge is -2.40. The molecule has 0 aliphatic carbocycles. The third-order valence-electron chi connectivity index (χ3n) is 9.58. The second-order valence-corrected chi connectivity index (χ2v) is 17.4. The molecule has 0 spiro atoms.